The number of para-hydroxylation sites is 1. The van der Waals surface area contributed by atoms with Gasteiger partial charge in [0.1, 0.15) is 0 Å². The number of rotatable bonds is 4. The fraction of sp³-hybridized carbons (Fsp3) is 0.273. The van der Waals surface area contributed by atoms with Gasteiger partial charge in [0.25, 0.3) is 0 Å². The van der Waals surface area contributed by atoms with Gasteiger partial charge >= 0.3 is 0 Å². The van der Waals surface area contributed by atoms with E-state index < -0.39 is 5.82 Å². The first-order valence-electron chi connectivity index (χ1n) is 4.50. The molecule has 3 N–H and O–H groups in total. The Morgan fingerprint density at radius 1 is 1.57 bits per heavy atom. The third-order valence-corrected chi connectivity index (χ3v) is 2.10. The number of phenolic OH excluding ortho intramolecular Hbond substituents is 1. The van der Waals surface area contributed by atoms with Crippen LogP contribution in [0.2, 0.25) is 0 Å². The molecule has 1 aromatic carbocycles. The highest BCUT2D eigenvalue weighted by atomic mass is 19.1. The molecule has 2 nitrogen and oxygen atoms in total. The molecular weight excluding hydrogens is 181 g/mol. The average Bonchev–Trinajstić information content (AvgIpc) is 2.18. The van der Waals surface area contributed by atoms with E-state index in [1.807, 2.05) is 0 Å². The molecule has 1 rings (SSSR count). The molecule has 0 saturated carbocycles. The third kappa shape index (κ3) is 2.33. The van der Waals surface area contributed by atoms with E-state index in [1.165, 1.54) is 12.1 Å². The Morgan fingerprint density at radius 3 is 2.93 bits per heavy atom. The SMILES string of the molecule is C=CCC[C@H](N)c1cccc(F)c1O. The second kappa shape index (κ2) is 4.77. The van der Waals surface area contributed by atoms with Gasteiger partial charge in [-0.25, -0.2) is 4.39 Å². The summed E-state index contributed by atoms with van der Waals surface area (Å²) in [4.78, 5) is 0. The van der Waals surface area contributed by atoms with E-state index >= 15 is 0 Å². The number of nitrogens with two attached hydrogens (primary N) is 1. The minimum atomic E-state index is -0.628. The Bertz CT molecular complexity index is 325. The van der Waals surface area contributed by atoms with E-state index in [0.717, 1.165) is 6.42 Å². The lowest BCUT2D eigenvalue weighted by Crippen LogP contribution is -2.10. The summed E-state index contributed by atoms with van der Waals surface area (Å²) in [5.41, 5.74) is 6.23. The van der Waals surface area contributed by atoms with Crippen LogP contribution in [0.1, 0.15) is 24.4 Å². The van der Waals surface area contributed by atoms with Crippen molar-refractivity contribution < 1.29 is 9.50 Å². The predicted molar refractivity (Wildman–Crippen MR) is 54.4 cm³/mol. The number of hydrogen-bond donors (Lipinski definition) is 2. The lowest BCUT2D eigenvalue weighted by Gasteiger charge is -2.12. The zero-order chi connectivity index (χ0) is 10.6. The molecule has 0 aromatic heterocycles. The standard InChI is InChI=1S/C11H14FNO/c1-2-3-7-10(13)8-5-4-6-9(12)11(8)14/h2,4-6,10,14H,1,3,7,13H2/t10-/m0/s1. The molecule has 0 spiro atoms. The van der Waals surface area contributed by atoms with Gasteiger partial charge in [0.05, 0.1) is 0 Å². The van der Waals surface area contributed by atoms with Crippen molar-refractivity contribution in [3.05, 3.63) is 42.2 Å². The number of allylic oxidation sites excluding steroid dienone is 1. The van der Waals surface area contributed by atoms with Crippen LogP contribution in [-0.2, 0) is 0 Å². The lowest BCUT2D eigenvalue weighted by molar-refractivity contribution is 0.419. The summed E-state index contributed by atoms with van der Waals surface area (Å²) in [6.07, 6.45) is 3.15. The van der Waals surface area contributed by atoms with Crippen molar-refractivity contribution in [3.8, 4) is 5.75 Å². The second-order valence-corrected chi connectivity index (χ2v) is 3.15. The molecule has 0 fully saturated rings. The molecule has 0 unspecified atom stereocenters. The van der Waals surface area contributed by atoms with Gasteiger partial charge in [0, 0.05) is 11.6 Å². The highest BCUT2D eigenvalue weighted by molar-refractivity contribution is 5.35. The minimum absolute atomic E-state index is 0.343. The molecule has 0 radical (unpaired) electrons. The lowest BCUT2D eigenvalue weighted by atomic mass is 10.0. The number of halogens is 1. The summed E-state index contributed by atoms with van der Waals surface area (Å²) in [5, 5.41) is 9.39. The maximum absolute atomic E-state index is 12.9. The van der Waals surface area contributed by atoms with Gasteiger partial charge in [-0.1, -0.05) is 18.2 Å². The van der Waals surface area contributed by atoms with Gasteiger partial charge in [0.15, 0.2) is 11.6 Å². The number of phenols is 1. The summed E-state index contributed by atoms with van der Waals surface area (Å²) < 4.78 is 12.9. The van der Waals surface area contributed by atoms with Crippen molar-refractivity contribution in [2.75, 3.05) is 0 Å². The van der Waals surface area contributed by atoms with Crippen LogP contribution in [0.4, 0.5) is 4.39 Å². The molecule has 1 atom stereocenters. The van der Waals surface area contributed by atoms with Crippen LogP contribution < -0.4 is 5.73 Å². The molecule has 0 aliphatic heterocycles. The number of benzene rings is 1. The highest BCUT2D eigenvalue weighted by Crippen LogP contribution is 2.27. The smallest absolute Gasteiger partial charge is 0.165 e. The first-order chi connectivity index (χ1) is 6.66. The topological polar surface area (TPSA) is 46.2 Å². The molecule has 1 aromatic rings. The van der Waals surface area contributed by atoms with Gasteiger partial charge in [-0.2, -0.15) is 0 Å². The van der Waals surface area contributed by atoms with E-state index in [-0.39, 0.29) is 11.8 Å². The van der Waals surface area contributed by atoms with Crippen LogP contribution in [0.15, 0.2) is 30.9 Å². The summed E-state index contributed by atoms with van der Waals surface area (Å²) in [5.74, 6) is -0.972. The zero-order valence-corrected chi connectivity index (χ0v) is 7.91. The van der Waals surface area contributed by atoms with Crippen molar-refractivity contribution >= 4 is 0 Å². The maximum atomic E-state index is 12.9. The summed E-state index contributed by atoms with van der Waals surface area (Å²) in [6, 6.07) is 4.03. The van der Waals surface area contributed by atoms with E-state index in [4.69, 9.17) is 5.73 Å². The van der Waals surface area contributed by atoms with Crippen molar-refractivity contribution in [2.45, 2.75) is 18.9 Å². The van der Waals surface area contributed by atoms with Crippen LogP contribution >= 0.6 is 0 Å². The first kappa shape index (κ1) is 10.7. The fourth-order valence-corrected chi connectivity index (χ4v) is 1.28. The molecule has 0 aliphatic rings. The highest BCUT2D eigenvalue weighted by Gasteiger charge is 2.12. The predicted octanol–water partition coefficient (Wildman–Crippen LogP) is 2.50. The van der Waals surface area contributed by atoms with Crippen LogP contribution in [0.5, 0.6) is 5.75 Å². The Labute approximate surface area is 82.9 Å². The first-order valence-corrected chi connectivity index (χ1v) is 4.50. The van der Waals surface area contributed by atoms with Gasteiger partial charge in [-0.3, -0.25) is 0 Å². The molecule has 14 heavy (non-hydrogen) atoms. The molecule has 0 bridgehead atoms. The minimum Gasteiger partial charge on any atom is -0.505 e. The molecular formula is C11H14FNO. The van der Waals surface area contributed by atoms with Gasteiger partial charge in [0.2, 0.25) is 0 Å². The van der Waals surface area contributed by atoms with Gasteiger partial charge < -0.3 is 10.8 Å². The van der Waals surface area contributed by atoms with E-state index in [9.17, 15) is 9.50 Å². The molecule has 0 amide bonds. The van der Waals surface area contributed by atoms with Crippen molar-refractivity contribution in [1.29, 1.82) is 0 Å². The third-order valence-electron chi connectivity index (χ3n) is 2.10. The second-order valence-electron chi connectivity index (χ2n) is 3.15. The quantitative estimate of drug-likeness (QED) is 0.725. The van der Waals surface area contributed by atoms with E-state index in [0.29, 0.717) is 12.0 Å². The Morgan fingerprint density at radius 2 is 2.29 bits per heavy atom. The number of aromatic hydroxyl groups is 1. The molecule has 0 heterocycles. The molecule has 76 valence electrons. The molecule has 3 heteroatoms. The molecule has 0 saturated heterocycles. The average molecular weight is 195 g/mol. The maximum Gasteiger partial charge on any atom is 0.165 e. The largest absolute Gasteiger partial charge is 0.505 e. The monoisotopic (exact) mass is 195 g/mol. The van der Waals surface area contributed by atoms with E-state index in [1.54, 1.807) is 12.1 Å². The summed E-state index contributed by atoms with van der Waals surface area (Å²) >= 11 is 0. The fourth-order valence-electron chi connectivity index (χ4n) is 1.28. The zero-order valence-electron chi connectivity index (χ0n) is 7.91. The summed E-state index contributed by atoms with van der Waals surface area (Å²) in [7, 11) is 0. The van der Waals surface area contributed by atoms with Gasteiger partial charge in [-0.05, 0) is 18.9 Å². The number of hydrogen-bond acceptors (Lipinski definition) is 2. The summed E-state index contributed by atoms with van der Waals surface area (Å²) in [6.45, 7) is 3.57. The van der Waals surface area contributed by atoms with Crippen molar-refractivity contribution in [2.24, 2.45) is 5.73 Å². The van der Waals surface area contributed by atoms with Crippen LogP contribution in [0.25, 0.3) is 0 Å². The van der Waals surface area contributed by atoms with Crippen molar-refractivity contribution in [1.82, 2.24) is 0 Å². The van der Waals surface area contributed by atoms with Crippen LogP contribution in [0.3, 0.4) is 0 Å². The van der Waals surface area contributed by atoms with Gasteiger partial charge in [-0.15, -0.1) is 6.58 Å². The Balaban J connectivity index is 2.83. The normalized spacial score (nSPS) is 12.4. The molecule has 0 aliphatic carbocycles. The van der Waals surface area contributed by atoms with Crippen LogP contribution in [0, 0.1) is 5.82 Å². The van der Waals surface area contributed by atoms with E-state index in [2.05, 4.69) is 6.58 Å². The Hall–Kier alpha value is -1.35. The van der Waals surface area contributed by atoms with Crippen LogP contribution in [-0.4, -0.2) is 5.11 Å². The Kier molecular flexibility index (Phi) is 3.65. The van der Waals surface area contributed by atoms with Crippen molar-refractivity contribution in [3.63, 3.8) is 0 Å².